The van der Waals surface area contributed by atoms with Crippen LogP contribution in [0.2, 0.25) is 5.02 Å². The lowest BCUT2D eigenvalue weighted by molar-refractivity contribution is 0.0953. The second-order valence-electron chi connectivity index (χ2n) is 3.52. The summed E-state index contributed by atoms with van der Waals surface area (Å²) in [6, 6.07) is 5.19. The predicted molar refractivity (Wildman–Crippen MR) is 67.2 cm³/mol. The number of aryl methyl sites for hydroxylation is 1. The molecular formula is C11H13ClN4O. The van der Waals surface area contributed by atoms with Crippen LogP contribution in [0.5, 0.6) is 0 Å². The lowest BCUT2D eigenvalue weighted by Gasteiger charge is -2.07. The summed E-state index contributed by atoms with van der Waals surface area (Å²) in [6.07, 6.45) is 0.620. The molecule has 0 aliphatic heterocycles. The molecule has 0 aliphatic carbocycles. The van der Waals surface area contributed by atoms with Crippen molar-refractivity contribution in [2.45, 2.75) is 13.3 Å². The van der Waals surface area contributed by atoms with E-state index in [2.05, 4.69) is 15.3 Å². The van der Waals surface area contributed by atoms with E-state index >= 15 is 0 Å². The lowest BCUT2D eigenvalue weighted by atomic mass is 10.1. The van der Waals surface area contributed by atoms with E-state index in [1.807, 2.05) is 6.92 Å². The van der Waals surface area contributed by atoms with Gasteiger partial charge < -0.3 is 5.32 Å². The molecule has 1 aromatic rings. The predicted octanol–water partition coefficient (Wildman–Crippen LogP) is 3.08. The van der Waals surface area contributed by atoms with Gasteiger partial charge in [-0.1, -0.05) is 22.8 Å². The van der Waals surface area contributed by atoms with Crippen LogP contribution < -0.4 is 5.32 Å². The molecule has 1 N–H and O–H groups in total. The fourth-order valence-corrected chi connectivity index (χ4v) is 1.50. The normalized spacial score (nSPS) is 9.53. The van der Waals surface area contributed by atoms with Gasteiger partial charge in [0.05, 0.1) is 0 Å². The molecule has 0 heterocycles. The summed E-state index contributed by atoms with van der Waals surface area (Å²) < 4.78 is 0. The van der Waals surface area contributed by atoms with E-state index in [0.29, 0.717) is 30.1 Å². The van der Waals surface area contributed by atoms with Gasteiger partial charge in [0, 0.05) is 28.6 Å². The first-order chi connectivity index (χ1) is 8.15. The van der Waals surface area contributed by atoms with Gasteiger partial charge in [-0.05, 0) is 36.6 Å². The van der Waals surface area contributed by atoms with Crippen molar-refractivity contribution in [3.05, 3.63) is 44.8 Å². The summed E-state index contributed by atoms with van der Waals surface area (Å²) in [6.45, 7) is 2.71. The third kappa shape index (κ3) is 4.34. The van der Waals surface area contributed by atoms with Gasteiger partial charge in [0.1, 0.15) is 0 Å². The highest BCUT2D eigenvalue weighted by Gasteiger charge is 2.08. The van der Waals surface area contributed by atoms with E-state index in [1.165, 1.54) is 0 Å². The molecule has 90 valence electrons. The van der Waals surface area contributed by atoms with Crippen molar-refractivity contribution in [3.63, 3.8) is 0 Å². The number of carbonyl (C=O) groups is 1. The molecule has 0 saturated carbocycles. The number of nitrogens with one attached hydrogen (secondary N) is 1. The fourth-order valence-electron chi connectivity index (χ4n) is 1.33. The van der Waals surface area contributed by atoms with Crippen molar-refractivity contribution in [1.82, 2.24) is 5.32 Å². The van der Waals surface area contributed by atoms with E-state index in [-0.39, 0.29) is 5.91 Å². The van der Waals surface area contributed by atoms with E-state index in [1.54, 1.807) is 18.2 Å². The summed E-state index contributed by atoms with van der Waals surface area (Å²) in [4.78, 5) is 14.4. The molecule has 5 nitrogen and oxygen atoms in total. The second-order valence-corrected chi connectivity index (χ2v) is 3.96. The first kappa shape index (κ1) is 13.4. The minimum atomic E-state index is -0.161. The van der Waals surface area contributed by atoms with E-state index < -0.39 is 0 Å². The van der Waals surface area contributed by atoms with Crippen molar-refractivity contribution >= 4 is 17.5 Å². The number of hydrogen-bond acceptors (Lipinski definition) is 2. The summed E-state index contributed by atoms with van der Waals surface area (Å²) >= 11 is 5.83. The Balaban J connectivity index is 2.52. The Morgan fingerprint density at radius 2 is 2.35 bits per heavy atom. The Morgan fingerprint density at radius 3 is 3.06 bits per heavy atom. The molecule has 0 unspecified atom stereocenters. The van der Waals surface area contributed by atoms with Crippen molar-refractivity contribution in [2.24, 2.45) is 5.11 Å². The Hall–Kier alpha value is -1.71. The highest BCUT2D eigenvalue weighted by atomic mass is 35.5. The smallest absolute Gasteiger partial charge is 0.251 e. The quantitative estimate of drug-likeness (QED) is 0.372. The van der Waals surface area contributed by atoms with Crippen molar-refractivity contribution < 1.29 is 4.79 Å². The van der Waals surface area contributed by atoms with Crippen molar-refractivity contribution in [2.75, 3.05) is 13.1 Å². The number of nitrogens with zero attached hydrogens (tertiary/aromatic N) is 3. The molecule has 0 spiro atoms. The molecule has 0 aliphatic rings. The zero-order valence-electron chi connectivity index (χ0n) is 9.48. The van der Waals surface area contributed by atoms with Crippen LogP contribution in [0.4, 0.5) is 0 Å². The van der Waals surface area contributed by atoms with Gasteiger partial charge >= 0.3 is 0 Å². The monoisotopic (exact) mass is 252 g/mol. The summed E-state index contributed by atoms with van der Waals surface area (Å²) in [5.41, 5.74) is 9.52. The first-order valence-electron chi connectivity index (χ1n) is 5.20. The molecule has 1 rings (SSSR count). The molecular weight excluding hydrogens is 240 g/mol. The highest BCUT2D eigenvalue weighted by Crippen LogP contribution is 2.15. The standard InChI is InChI=1S/C11H13ClN4O/c1-8-3-4-9(12)7-10(8)11(17)14-5-2-6-15-16-13/h3-4,7H,2,5-6H2,1H3,(H,14,17). The molecule has 0 aromatic heterocycles. The van der Waals surface area contributed by atoms with E-state index in [4.69, 9.17) is 17.1 Å². The van der Waals surface area contributed by atoms with Crippen molar-refractivity contribution in [1.29, 1.82) is 0 Å². The Morgan fingerprint density at radius 1 is 1.59 bits per heavy atom. The van der Waals surface area contributed by atoms with E-state index in [9.17, 15) is 4.79 Å². The van der Waals surface area contributed by atoms with Crippen LogP contribution in [-0.2, 0) is 0 Å². The lowest BCUT2D eigenvalue weighted by Crippen LogP contribution is -2.25. The maximum Gasteiger partial charge on any atom is 0.251 e. The Kier molecular flexibility index (Phi) is 5.33. The first-order valence-corrected chi connectivity index (χ1v) is 5.58. The van der Waals surface area contributed by atoms with Gasteiger partial charge in [0.25, 0.3) is 5.91 Å². The number of carbonyl (C=O) groups excluding carboxylic acids is 1. The summed E-state index contributed by atoms with van der Waals surface area (Å²) in [5, 5.41) is 6.66. The van der Waals surface area contributed by atoms with Crippen LogP contribution in [0.25, 0.3) is 10.4 Å². The number of rotatable bonds is 5. The molecule has 0 saturated heterocycles. The molecule has 0 fully saturated rings. The van der Waals surface area contributed by atoms with Crippen LogP contribution in [0.1, 0.15) is 22.3 Å². The number of benzene rings is 1. The average Bonchev–Trinajstić information content (AvgIpc) is 2.32. The second kappa shape index (κ2) is 6.78. The van der Waals surface area contributed by atoms with Gasteiger partial charge in [-0.25, -0.2) is 0 Å². The topological polar surface area (TPSA) is 77.9 Å². The van der Waals surface area contributed by atoms with Gasteiger partial charge in [-0.3, -0.25) is 4.79 Å². The maximum atomic E-state index is 11.8. The third-order valence-electron chi connectivity index (χ3n) is 2.23. The van der Waals surface area contributed by atoms with Crippen LogP contribution in [0.15, 0.2) is 23.3 Å². The molecule has 1 aromatic carbocycles. The minimum absolute atomic E-state index is 0.161. The SMILES string of the molecule is Cc1ccc(Cl)cc1C(=O)NCCCN=[N+]=[N-]. The average molecular weight is 253 g/mol. The number of halogens is 1. The number of amides is 1. The molecule has 6 heteroatoms. The van der Waals surface area contributed by atoms with E-state index in [0.717, 1.165) is 5.56 Å². The molecule has 17 heavy (non-hydrogen) atoms. The van der Waals surface area contributed by atoms with Gasteiger partial charge in [0.2, 0.25) is 0 Å². The summed E-state index contributed by atoms with van der Waals surface area (Å²) in [5.74, 6) is -0.161. The van der Waals surface area contributed by atoms with Crippen LogP contribution in [0.3, 0.4) is 0 Å². The molecule has 0 atom stereocenters. The number of hydrogen-bond donors (Lipinski definition) is 1. The zero-order valence-corrected chi connectivity index (χ0v) is 10.2. The zero-order chi connectivity index (χ0) is 12.7. The molecule has 0 bridgehead atoms. The van der Waals surface area contributed by atoms with Crippen LogP contribution in [-0.4, -0.2) is 19.0 Å². The third-order valence-corrected chi connectivity index (χ3v) is 2.46. The number of azide groups is 1. The molecule has 1 amide bonds. The van der Waals surface area contributed by atoms with Gasteiger partial charge in [0.15, 0.2) is 0 Å². The largest absolute Gasteiger partial charge is 0.352 e. The Bertz CT molecular complexity index is 455. The minimum Gasteiger partial charge on any atom is -0.352 e. The Labute approximate surface area is 104 Å². The van der Waals surface area contributed by atoms with Gasteiger partial charge in [-0.2, -0.15) is 0 Å². The summed E-state index contributed by atoms with van der Waals surface area (Å²) in [7, 11) is 0. The maximum absolute atomic E-state index is 11.8. The highest BCUT2D eigenvalue weighted by molar-refractivity contribution is 6.31. The van der Waals surface area contributed by atoms with Crippen LogP contribution >= 0.6 is 11.6 Å². The fraction of sp³-hybridized carbons (Fsp3) is 0.364. The van der Waals surface area contributed by atoms with Crippen LogP contribution in [0, 0.1) is 6.92 Å². The molecule has 0 radical (unpaired) electrons. The van der Waals surface area contributed by atoms with Crippen molar-refractivity contribution in [3.8, 4) is 0 Å². The van der Waals surface area contributed by atoms with Gasteiger partial charge in [-0.15, -0.1) is 0 Å².